The zero-order valence-electron chi connectivity index (χ0n) is 15.4. The van der Waals surface area contributed by atoms with Gasteiger partial charge in [0.2, 0.25) is 5.88 Å². The average Bonchev–Trinajstić information content (AvgIpc) is 2.58. The van der Waals surface area contributed by atoms with Crippen molar-refractivity contribution in [2.24, 2.45) is 11.7 Å². The van der Waals surface area contributed by atoms with Crippen molar-refractivity contribution in [1.29, 1.82) is 0 Å². The number of nitrogens with two attached hydrogens (primary N) is 1. The predicted molar refractivity (Wildman–Crippen MR) is 94.9 cm³/mol. The molecule has 2 heterocycles. The number of nitrogens with zero attached hydrogens (tertiary/aromatic N) is 2. The molecule has 0 saturated carbocycles. The number of hydrogen-bond acceptors (Lipinski definition) is 4. The van der Waals surface area contributed by atoms with Gasteiger partial charge in [0.25, 0.3) is 12.9 Å². The van der Waals surface area contributed by atoms with Gasteiger partial charge in [-0.1, -0.05) is 13.8 Å². The van der Waals surface area contributed by atoms with Crippen LogP contribution in [-0.4, -0.2) is 22.1 Å². The highest BCUT2D eigenvalue weighted by molar-refractivity contribution is 5.64. The van der Waals surface area contributed by atoms with Crippen molar-refractivity contribution < 1.29 is 22.3 Å². The second kappa shape index (κ2) is 8.65. The summed E-state index contributed by atoms with van der Waals surface area (Å²) in [5.74, 6) is 0.113. The molecule has 0 saturated heterocycles. The van der Waals surface area contributed by atoms with Crippen molar-refractivity contribution >= 4 is 0 Å². The Morgan fingerprint density at radius 3 is 2.37 bits per heavy atom. The van der Waals surface area contributed by atoms with Crippen LogP contribution >= 0.6 is 0 Å². The molecule has 0 aliphatic heterocycles. The number of hydrogen-bond donors (Lipinski definition) is 1. The van der Waals surface area contributed by atoms with E-state index in [2.05, 4.69) is 9.97 Å². The minimum atomic E-state index is -2.84. The van der Waals surface area contributed by atoms with Crippen LogP contribution in [0.4, 0.5) is 17.6 Å². The van der Waals surface area contributed by atoms with E-state index in [9.17, 15) is 17.6 Å². The van der Waals surface area contributed by atoms with E-state index in [-0.39, 0.29) is 18.1 Å². The van der Waals surface area contributed by atoms with Crippen LogP contribution < -0.4 is 10.5 Å². The Morgan fingerprint density at radius 2 is 1.78 bits per heavy atom. The maximum Gasteiger partial charge on any atom is 0.280 e. The third-order valence-electron chi connectivity index (χ3n) is 3.87. The van der Waals surface area contributed by atoms with Crippen LogP contribution in [0.3, 0.4) is 0 Å². The molecule has 0 aliphatic carbocycles. The molecule has 0 bridgehead atoms. The summed E-state index contributed by atoms with van der Waals surface area (Å²) in [4.78, 5) is 7.53. The highest BCUT2D eigenvalue weighted by Gasteiger charge is 2.24. The molecule has 1 atom stereocenters. The standard InChI is InChI=1S/C19H23F4N3O/c1-11(2)8-19(3,24)10-27-18-14(16(20)21)6-13(9-26-18)12-4-5-25-15(7-12)17(22)23/h4-7,9,11,16-17H,8,10,24H2,1-3H3. The lowest BCUT2D eigenvalue weighted by Crippen LogP contribution is -2.43. The van der Waals surface area contributed by atoms with Gasteiger partial charge in [0.1, 0.15) is 12.3 Å². The maximum absolute atomic E-state index is 13.5. The molecule has 0 fully saturated rings. The third-order valence-corrected chi connectivity index (χ3v) is 3.87. The molecule has 2 rings (SSSR count). The molecule has 1 unspecified atom stereocenters. The van der Waals surface area contributed by atoms with Crippen LogP contribution in [0.15, 0.2) is 30.6 Å². The molecule has 2 aromatic heterocycles. The van der Waals surface area contributed by atoms with Crippen molar-refractivity contribution in [3.63, 3.8) is 0 Å². The lowest BCUT2D eigenvalue weighted by molar-refractivity contribution is 0.137. The Morgan fingerprint density at radius 1 is 1.07 bits per heavy atom. The summed E-state index contributed by atoms with van der Waals surface area (Å²) in [6.07, 6.45) is -2.42. The fraction of sp³-hybridized carbons (Fsp3) is 0.474. The van der Waals surface area contributed by atoms with Crippen molar-refractivity contribution in [2.45, 2.75) is 45.6 Å². The minimum absolute atomic E-state index is 0.0298. The van der Waals surface area contributed by atoms with E-state index in [0.717, 1.165) is 6.07 Å². The van der Waals surface area contributed by atoms with E-state index in [4.69, 9.17) is 10.5 Å². The summed E-state index contributed by atoms with van der Waals surface area (Å²) >= 11 is 0. The van der Waals surface area contributed by atoms with Crippen LogP contribution in [0.2, 0.25) is 0 Å². The first kappa shape index (κ1) is 21.1. The topological polar surface area (TPSA) is 61.0 Å². The van der Waals surface area contributed by atoms with E-state index in [1.54, 1.807) is 6.92 Å². The monoisotopic (exact) mass is 385 g/mol. The van der Waals surface area contributed by atoms with Gasteiger partial charge < -0.3 is 10.5 Å². The number of ether oxygens (including phenoxy) is 1. The smallest absolute Gasteiger partial charge is 0.280 e. The highest BCUT2D eigenvalue weighted by atomic mass is 19.3. The van der Waals surface area contributed by atoms with E-state index in [0.29, 0.717) is 17.9 Å². The van der Waals surface area contributed by atoms with Crippen LogP contribution in [0.25, 0.3) is 11.1 Å². The summed E-state index contributed by atoms with van der Waals surface area (Å²) in [5.41, 5.74) is 5.21. The summed E-state index contributed by atoms with van der Waals surface area (Å²) in [6.45, 7) is 5.82. The first-order valence-corrected chi connectivity index (χ1v) is 8.53. The number of aromatic nitrogens is 2. The number of rotatable bonds is 8. The Balaban J connectivity index is 2.28. The van der Waals surface area contributed by atoms with Gasteiger partial charge in [0.05, 0.1) is 5.56 Å². The second-order valence-corrected chi connectivity index (χ2v) is 7.23. The minimum Gasteiger partial charge on any atom is -0.475 e. The Hall–Kier alpha value is -2.22. The molecule has 0 aliphatic rings. The number of pyridine rings is 2. The van der Waals surface area contributed by atoms with Crippen LogP contribution in [0.5, 0.6) is 5.88 Å². The average molecular weight is 385 g/mol. The Bertz CT molecular complexity index is 766. The molecule has 0 spiro atoms. The van der Waals surface area contributed by atoms with E-state index < -0.39 is 29.6 Å². The SMILES string of the molecule is CC(C)CC(C)(N)COc1ncc(-c2ccnc(C(F)F)c2)cc1C(F)F. The van der Waals surface area contributed by atoms with Crippen LogP contribution in [0.1, 0.15) is 51.3 Å². The van der Waals surface area contributed by atoms with Crippen LogP contribution in [-0.2, 0) is 0 Å². The second-order valence-electron chi connectivity index (χ2n) is 7.23. The molecule has 148 valence electrons. The molecule has 4 nitrogen and oxygen atoms in total. The van der Waals surface area contributed by atoms with Crippen LogP contribution in [0, 0.1) is 5.92 Å². The molecule has 0 aromatic carbocycles. The van der Waals surface area contributed by atoms with Gasteiger partial charge in [-0.15, -0.1) is 0 Å². The van der Waals surface area contributed by atoms with Gasteiger partial charge in [-0.05, 0) is 43.0 Å². The number of alkyl halides is 4. The van der Waals surface area contributed by atoms with Crippen molar-refractivity contribution in [3.8, 4) is 17.0 Å². The maximum atomic E-state index is 13.5. The quantitative estimate of drug-likeness (QED) is 0.638. The first-order chi connectivity index (χ1) is 12.6. The molecule has 0 radical (unpaired) electrons. The lowest BCUT2D eigenvalue weighted by Gasteiger charge is -2.26. The molecule has 2 aromatic rings. The third kappa shape index (κ3) is 5.89. The molecule has 8 heteroatoms. The molecular weight excluding hydrogens is 362 g/mol. The lowest BCUT2D eigenvalue weighted by atomic mass is 9.93. The molecular formula is C19H23F4N3O. The van der Waals surface area contributed by atoms with Gasteiger partial charge in [-0.25, -0.2) is 22.5 Å². The normalized spacial score (nSPS) is 14.0. The molecule has 2 N–H and O–H groups in total. The van der Waals surface area contributed by atoms with Gasteiger partial charge in [0, 0.05) is 23.5 Å². The summed E-state index contributed by atoms with van der Waals surface area (Å²) in [7, 11) is 0. The van der Waals surface area contributed by atoms with Gasteiger partial charge in [0.15, 0.2) is 0 Å². The fourth-order valence-corrected chi connectivity index (χ4v) is 2.88. The molecule has 0 amide bonds. The molecule has 27 heavy (non-hydrogen) atoms. The number of halogens is 4. The van der Waals surface area contributed by atoms with E-state index in [1.165, 1.54) is 24.5 Å². The van der Waals surface area contributed by atoms with Crippen molar-refractivity contribution in [3.05, 3.63) is 41.9 Å². The zero-order chi connectivity index (χ0) is 20.2. The Labute approximate surface area is 155 Å². The summed E-state index contributed by atoms with van der Waals surface area (Å²) in [5, 5.41) is 0. The predicted octanol–water partition coefficient (Wildman–Crippen LogP) is 5.16. The van der Waals surface area contributed by atoms with E-state index >= 15 is 0 Å². The Kier molecular flexibility index (Phi) is 6.75. The van der Waals surface area contributed by atoms with E-state index in [1.807, 2.05) is 13.8 Å². The summed E-state index contributed by atoms with van der Waals surface area (Å²) < 4.78 is 58.0. The van der Waals surface area contributed by atoms with Gasteiger partial charge in [-0.3, -0.25) is 4.98 Å². The fourth-order valence-electron chi connectivity index (χ4n) is 2.88. The van der Waals surface area contributed by atoms with Gasteiger partial charge >= 0.3 is 0 Å². The largest absolute Gasteiger partial charge is 0.475 e. The zero-order valence-corrected chi connectivity index (χ0v) is 15.4. The first-order valence-electron chi connectivity index (χ1n) is 8.53. The highest BCUT2D eigenvalue weighted by Crippen LogP contribution is 2.32. The van der Waals surface area contributed by atoms with Crippen molar-refractivity contribution in [1.82, 2.24) is 9.97 Å². The van der Waals surface area contributed by atoms with Crippen molar-refractivity contribution in [2.75, 3.05) is 6.61 Å². The summed E-state index contributed by atoms with van der Waals surface area (Å²) in [6, 6.07) is 3.79. The van der Waals surface area contributed by atoms with Gasteiger partial charge in [-0.2, -0.15) is 0 Å².